The number of pyridine rings is 1. The van der Waals surface area contributed by atoms with Gasteiger partial charge in [-0.15, -0.1) is 0 Å². The van der Waals surface area contributed by atoms with Crippen LogP contribution in [-0.4, -0.2) is 37.1 Å². The Balaban J connectivity index is 2.41. The fourth-order valence-corrected chi connectivity index (χ4v) is 2.05. The Morgan fingerprint density at radius 2 is 2.17 bits per heavy atom. The summed E-state index contributed by atoms with van der Waals surface area (Å²) in [6, 6.07) is 4.26. The molecule has 1 aromatic heterocycles. The lowest BCUT2D eigenvalue weighted by Gasteiger charge is -2.17. The van der Waals surface area contributed by atoms with Crippen molar-refractivity contribution >= 4 is 17.6 Å². The van der Waals surface area contributed by atoms with Crippen LogP contribution in [0.1, 0.15) is 19.4 Å². The van der Waals surface area contributed by atoms with Crippen LogP contribution in [-0.2, 0) is 6.54 Å². The van der Waals surface area contributed by atoms with E-state index >= 15 is 0 Å². The Morgan fingerprint density at radius 3 is 2.72 bits per heavy atom. The molecule has 0 radical (unpaired) electrons. The molecule has 0 saturated carbocycles. The number of rotatable bonds is 8. The van der Waals surface area contributed by atoms with Crippen LogP contribution in [0.4, 0.5) is 5.82 Å². The fourth-order valence-electron chi connectivity index (χ4n) is 1.60. The minimum atomic E-state index is 0.690. The second kappa shape index (κ2) is 8.38. The molecule has 0 spiro atoms. The normalized spacial score (nSPS) is 10.9. The van der Waals surface area contributed by atoms with Gasteiger partial charge in [0, 0.05) is 32.1 Å². The SMILES string of the molecule is CSCCN(C)c1ccc(CNCC(C)C)cn1. The highest BCUT2D eigenvalue weighted by atomic mass is 32.2. The zero-order valence-electron chi connectivity index (χ0n) is 11.9. The molecule has 0 saturated heterocycles. The first-order chi connectivity index (χ1) is 8.63. The quantitative estimate of drug-likeness (QED) is 0.784. The van der Waals surface area contributed by atoms with Crippen molar-refractivity contribution in [2.45, 2.75) is 20.4 Å². The molecule has 0 aliphatic heterocycles. The molecule has 1 rings (SSSR count). The molecule has 1 aromatic rings. The van der Waals surface area contributed by atoms with E-state index in [1.165, 1.54) is 5.56 Å². The van der Waals surface area contributed by atoms with Gasteiger partial charge in [-0.25, -0.2) is 4.98 Å². The summed E-state index contributed by atoms with van der Waals surface area (Å²) >= 11 is 1.86. The van der Waals surface area contributed by atoms with Crippen LogP contribution in [0.2, 0.25) is 0 Å². The van der Waals surface area contributed by atoms with Gasteiger partial charge in [0.25, 0.3) is 0 Å². The second-order valence-electron chi connectivity index (χ2n) is 4.96. The van der Waals surface area contributed by atoms with Crippen LogP contribution < -0.4 is 10.2 Å². The van der Waals surface area contributed by atoms with E-state index in [0.717, 1.165) is 31.2 Å². The highest BCUT2D eigenvalue weighted by Crippen LogP contribution is 2.10. The minimum absolute atomic E-state index is 0.690. The molecule has 0 aromatic carbocycles. The molecular weight excluding hydrogens is 242 g/mol. The predicted octanol–water partition coefficient (Wildman–Crippen LogP) is 2.63. The maximum Gasteiger partial charge on any atom is 0.128 e. The van der Waals surface area contributed by atoms with Crippen LogP contribution >= 0.6 is 11.8 Å². The Labute approximate surface area is 115 Å². The smallest absolute Gasteiger partial charge is 0.128 e. The molecule has 0 aliphatic carbocycles. The molecule has 1 N–H and O–H groups in total. The highest BCUT2D eigenvalue weighted by Gasteiger charge is 2.02. The number of hydrogen-bond donors (Lipinski definition) is 1. The van der Waals surface area contributed by atoms with Crippen LogP contribution in [0.15, 0.2) is 18.3 Å². The van der Waals surface area contributed by atoms with Gasteiger partial charge in [0.2, 0.25) is 0 Å². The third-order valence-corrected chi connectivity index (χ3v) is 3.30. The maximum absolute atomic E-state index is 4.51. The molecule has 18 heavy (non-hydrogen) atoms. The van der Waals surface area contributed by atoms with Crippen molar-refractivity contribution in [1.82, 2.24) is 10.3 Å². The maximum atomic E-state index is 4.51. The topological polar surface area (TPSA) is 28.2 Å². The van der Waals surface area contributed by atoms with Crippen LogP contribution in [0.3, 0.4) is 0 Å². The molecule has 0 fully saturated rings. The fraction of sp³-hybridized carbons (Fsp3) is 0.643. The molecule has 102 valence electrons. The van der Waals surface area contributed by atoms with Crippen molar-refractivity contribution in [3.05, 3.63) is 23.9 Å². The van der Waals surface area contributed by atoms with Gasteiger partial charge in [0.1, 0.15) is 5.82 Å². The van der Waals surface area contributed by atoms with Gasteiger partial charge in [-0.3, -0.25) is 0 Å². The van der Waals surface area contributed by atoms with Gasteiger partial charge in [-0.2, -0.15) is 11.8 Å². The Morgan fingerprint density at radius 1 is 1.39 bits per heavy atom. The molecule has 1 heterocycles. The average molecular weight is 267 g/mol. The summed E-state index contributed by atoms with van der Waals surface area (Å²) in [6.45, 7) is 7.43. The minimum Gasteiger partial charge on any atom is -0.359 e. The Hall–Kier alpha value is -0.740. The first-order valence-electron chi connectivity index (χ1n) is 6.49. The summed E-state index contributed by atoms with van der Waals surface area (Å²) in [5, 5.41) is 3.43. The lowest BCUT2D eigenvalue weighted by molar-refractivity contribution is 0.552. The van der Waals surface area contributed by atoms with E-state index in [4.69, 9.17) is 0 Å². The zero-order chi connectivity index (χ0) is 13.4. The largest absolute Gasteiger partial charge is 0.359 e. The van der Waals surface area contributed by atoms with Gasteiger partial charge >= 0.3 is 0 Å². The van der Waals surface area contributed by atoms with E-state index in [1.807, 2.05) is 18.0 Å². The highest BCUT2D eigenvalue weighted by molar-refractivity contribution is 7.98. The third kappa shape index (κ3) is 5.74. The lowest BCUT2D eigenvalue weighted by atomic mass is 10.2. The van der Waals surface area contributed by atoms with Gasteiger partial charge in [0.15, 0.2) is 0 Å². The summed E-state index contributed by atoms with van der Waals surface area (Å²) in [5.41, 5.74) is 1.25. The molecule has 0 amide bonds. The van der Waals surface area contributed by atoms with Crippen LogP contribution in [0, 0.1) is 5.92 Å². The number of thioether (sulfide) groups is 1. The van der Waals surface area contributed by atoms with Crippen LogP contribution in [0.25, 0.3) is 0 Å². The summed E-state index contributed by atoms with van der Waals surface area (Å²) < 4.78 is 0. The first kappa shape index (κ1) is 15.3. The number of anilines is 1. The Bertz CT molecular complexity index is 324. The van der Waals surface area contributed by atoms with Crippen molar-refractivity contribution in [2.75, 3.05) is 37.0 Å². The number of hydrogen-bond acceptors (Lipinski definition) is 4. The van der Waals surface area contributed by atoms with E-state index in [-0.39, 0.29) is 0 Å². The van der Waals surface area contributed by atoms with Crippen molar-refractivity contribution in [3.63, 3.8) is 0 Å². The molecule has 3 nitrogen and oxygen atoms in total. The lowest BCUT2D eigenvalue weighted by Crippen LogP contribution is -2.22. The van der Waals surface area contributed by atoms with E-state index < -0.39 is 0 Å². The number of nitrogens with zero attached hydrogens (tertiary/aromatic N) is 2. The molecule has 0 atom stereocenters. The monoisotopic (exact) mass is 267 g/mol. The van der Waals surface area contributed by atoms with Gasteiger partial charge < -0.3 is 10.2 Å². The second-order valence-corrected chi connectivity index (χ2v) is 5.95. The van der Waals surface area contributed by atoms with Gasteiger partial charge in [-0.1, -0.05) is 19.9 Å². The van der Waals surface area contributed by atoms with E-state index in [9.17, 15) is 0 Å². The molecule has 0 aliphatic rings. The number of aromatic nitrogens is 1. The van der Waals surface area contributed by atoms with Gasteiger partial charge in [-0.05, 0) is 30.3 Å². The predicted molar refractivity (Wildman–Crippen MR) is 82.4 cm³/mol. The van der Waals surface area contributed by atoms with Crippen molar-refractivity contribution in [2.24, 2.45) is 5.92 Å². The molecule has 4 heteroatoms. The standard InChI is InChI=1S/C14H25N3S/c1-12(2)9-15-10-13-5-6-14(16-11-13)17(3)7-8-18-4/h5-6,11-12,15H,7-10H2,1-4H3. The van der Waals surface area contributed by atoms with E-state index in [1.54, 1.807) is 0 Å². The van der Waals surface area contributed by atoms with Crippen LogP contribution in [0.5, 0.6) is 0 Å². The number of nitrogens with one attached hydrogen (secondary N) is 1. The summed E-state index contributed by atoms with van der Waals surface area (Å²) in [7, 11) is 2.09. The average Bonchev–Trinajstić information content (AvgIpc) is 2.36. The van der Waals surface area contributed by atoms with Crippen molar-refractivity contribution in [1.29, 1.82) is 0 Å². The van der Waals surface area contributed by atoms with Gasteiger partial charge in [0.05, 0.1) is 0 Å². The zero-order valence-corrected chi connectivity index (χ0v) is 12.8. The van der Waals surface area contributed by atoms with Crippen molar-refractivity contribution < 1.29 is 0 Å². The van der Waals surface area contributed by atoms with Crippen molar-refractivity contribution in [3.8, 4) is 0 Å². The Kier molecular flexibility index (Phi) is 7.13. The molecule has 0 bridgehead atoms. The summed E-state index contributed by atoms with van der Waals surface area (Å²) in [5.74, 6) is 2.88. The third-order valence-electron chi connectivity index (χ3n) is 2.71. The van der Waals surface area contributed by atoms with E-state index in [2.05, 4.69) is 54.5 Å². The summed E-state index contributed by atoms with van der Waals surface area (Å²) in [6.07, 6.45) is 4.10. The molecule has 0 unspecified atom stereocenters. The first-order valence-corrected chi connectivity index (χ1v) is 7.88. The molecular formula is C14H25N3S. The van der Waals surface area contributed by atoms with E-state index in [0.29, 0.717) is 5.92 Å². The summed E-state index contributed by atoms with van der Waals surface area (Å²) in [4.78, 5) is 6.70.